The molecule has 32 heavy (non-hydrogen) atoms. The van der Waals surface area contributed by atoms with Gasteiger partial charge in [-0.2, -0.15) is 0 Å². The number of aromatic nitrogens is 1. The van der Waals surface area contributed by atoms with Crippen molar-refractivity contribution in [2.24, 2.45) is 0 Å². The normalized spacial score (nSPS) is 22.0. The summed E-state index contributed by atoms with van der Waals surface area (Å²) in [6.07, 6.45) is 5.06. The lowest BCUT2D eigenvalue weighted by atomic mass is 9.76. The highest BCUT2D eigenvalue weighted by Crippen LogP contribution is 2.37. The van der Waals surface area contributed by atoms with Crippen LogP contribution in [0.25, 0.3) is 0 Å². The highest BCUT2D eigenvalue weighted by molar-refractivity contribution is 6.62. The van der Waals surface area contributed by atoms with Gasteiger partial charge in [0.2, 0.25) is 5.88 Å². The third kappa shape index (κ3) is 5.04. The molecule has 8 heteroatoms. The van der Waals surface area contributed by atoms with Gasteiger partial charge >= 0.3 is 7.12 Å². The van der Waals surface area contributed by atoms with Crippen molar-refractivity contribution in [3.8, 4) is 11.6 Å². The van der Waals surface area contributed by atoms with Gasteiger partial charge in [-0.05, 0) is 76.2 Å². The van der Waals surface area contributed by atoms with Crippen LogP contribution in [-0.4, -0.2) is 42.5 Å². The first-order valence-corrected chi connectivity index (χ1v) is 11.1. The number of rotatable bonds is 7. The van der Waals surface area contributed by atoms with Crippen LogP contribution in [0, 0.1) is 0 Å². The highest BCUT2D eigenvalue weighted by atomic mass is 16.7. The molecule has 0 bridgehead atoms. The van der Waals surface area contributed by atoms with Crippen molar-refractivity contribution < 1.29 is 28.3 Å². The predicted molar refractivity (Wildman–Crippen MR) is 120 cm³/mol. The second-order valence-corrected chi connectivity index (χ2v) is 9.21. The van der Waals surface area contributed by atoms with Crippen LogP contribution in [0.2, 0.25) is 0 Å². The van der Waals surface area contributed by atoms with E-state index in [0.29, 0.717) is 23.8 Å². The third-order valence-corrected chi connectivity index (χ3v) is 6.30. The maximum Gasteiger partial charge on any atom is 0.495 e. The van der Waals surface area contributed by atoms with E-state index in [1.54, 1.807) is 12.1 Å². The minimum atomic E-state index is -0.509. The lowest BCUT2D eigenvalue weighted by Gasteiger charge is -2.32. The summed E-state index contributed by atoms with van der Waals surface area (Å²) in [6.45, 7) is 9.20. The minimum absolute atomic E-state index is 0.211. The molecular formula is C24H30BNO6. The molecular weight excluding hydrogens is 409 g/mol. The molecule has 1 atom stereocenters. The summed E-state index contributed by atoms with van der Waals surface area (Å²) in [4.78, 5) is 15.0. The smallest absolute Gasteiger partial charge is 0.439 e. The Hall–Kier alpha value is -2.26. The number of ether oxygens (including phenoxy) is 3. The molecule has 1 aromatic carbocycles. The largest absolute Gasteiger partial charge is 0.495 e. The summed E-state index contributed by atoms with van der Waals surface area (Å²) in [6, 6.07) is 9.04. The summed E-state index contributed by atoms with van der Waals surface area (Å²) in [7, 11) is -0.509. The van der Waals surface area contributed by atoms with Crippen molar-refractivity contribution in [2.75, 3.05) is 6.61 Å². The fourth-order valence-electron chi connectivity index (χ4n) is 3.64. The standard InChI is InChI=1S/C24H30BNO6/c1-23(2)24(3,4)32-25(31-23)20-10-9-19(30-21-11-8-17(15-27)14-26-21)13-18(20)16-29-22-7-5-6-12-28-22/h8-11,13-15,22H,5-7,12,16H2,1-4H3. The lowest BCUT2D eigenvalue weighted by Crippen LogP contribution is -2.41. The van der Waals surface area contributed by atoms with Gasteiger partial charge in [0.1, 0.15) is 5.75 Å². The van der Waals surface area contributed by atoms with Crippen LogP contribution in [0.1, 0.15) is 62.9 Å². The SMILES string of the molecule is CC1(C)OB(c2ccc(Oc3ccc(C=O)cn3)cc2COC2CCCCO2)OC1(C)C. The van der Waals surface area contributed by atoms with Crippen LogP contribution >= 0.6 is 0 Å². The van der Waals surface area contributed by atoms with Crippen molar-refractivity contribution >= 4 is 18.9 Å². The van der Waals surface area contributed by atoms with Crippen LogP contribution < -0.4 is 10.2 Å². The van der Waals surface area contributed by atoms with E-state index < -0.39 is 18.3 Å². The predicted octanol–water partition coefficient (Wildman–Crippen LogP) is 4.03. The number of carbonyl (C=O) groups excluding carboxylic acids is 1. The summed E-state index contributed by atoms with van der Waals surface area (Å²) in [5, 5.41) is 0. The van der Waals surface area contributed by atoms with Gasteiger partial charge in [-0.3, -0.25) is 4.79 Å². The van der Waals surface area contributed by atoms with Crippen molar-refractivity contribution in [2.45, 2.75) is 71.1 Å². The molecule has 0 aliphatic carbocycles. The first-order chi connectivity index (χ1) is 15.3. The van der Waals surface area contributed by atoms with Gasteiger partial charge in [-0.1, -0.05) is 6.07 Å². The zero-order chi connectivity index (χ0) is 22.8. The van der Waals surface area contributed by atoms with Crippen LogP contribution in [0.3, 0.4) is 0 Å². The van der Waals surface area contributed by atoms with Gasteiger partial charge in [0.15, 0.2) is 12.6 Å². The molecule has 0 N–H and O–H groups in total. The van der Waals surface area contributed by atoms with Gasteiger partial charge < -0.3 is 23.5 Å². The third-order valence-electron chi connectivity index (χ3n) is 6.30. The first-order valence-electron chi connectivity index (χ1n) is 11.1. The Labute approximate surface area is 189 Å². The van der Waals surface area contributed by atoms with E-state index in [2.05, 4.69) is 4.98 Å². The van der Waals surface area contributed by atoms with E-state index >= 15 is 0 Å². The monoisotopic (exact) mass is 439 g/mol. The molecule has 2 saturated heterocycles. The number of hydrogen-bond acceptors (Lipinski definition) is 7. The topological polar surface area (TPSA) is 76.1 Å². The second-order valence-electron chi connectivity index (χ2n) is 9.21. The average molecular weight is 439 g/mol. The van der Waals surface area contributed by atoms with Crippen LogP contribution in [0.4, 0.5) is 0 Å². The molecule has 170 valence electrons. The molecule has 0 spiro atoms. The fraction of sp³-hybridized carbons (Fsp3) is 0.500. The van der Waals surface area contributed by atoms with Crippen molar-refractivity contribution in [3.63, 3.8) is 0 Å². The van der Waals surface area contributed by atoms with Crippen molar-refractivity contribution in [3.05, 3.63) is 47.7 Å². The Bertz CT molecular complexity index is 924. The quantitative estimate of drug-likeness (QED) is 0.476. The van der Waals surface area contributed by atoms with E-state index in [0.717, 1.165) is 43.2 Å². The van der Waals surface area contributed by atoms with Crippen molar-refractivity contribution in [1.29, 1.82) is 0 Å². The summed E-state index contributed by atoms with van der Waals surface area (Å²) in [5.41, 5.74) is 1.41. The molecule has 2 fully saturated rings. The van der Waals surface area contributed by atoms with E-state index in [1.165, 1.54) is 6.20 Å². The Morgan fingerprint density at radius 3 is 2.53 bits per heavy atom. The average Bonchev–Trinajstić information content (AvgIpc) is 3.00. The maximum absolute atomic E-state index is 10.8. The second kappa shape index (κ2) is 9.31. The minimum Gasteiger partial charge on any atom is -0.439 e. The van der Waals surface area contributed by atoms with Crippen LogP contribution in [-0.2, 0) is 25.4 Å². The van der Waals surface area contributed by atoms with Crippen LogP contribution in [0.5, 0.6) is 11.6 Å². The first kappa shape index (κ1) is 22.9. The lowest BCUT2D eigenvalue weighted by molar-refractivity contribution is -0.168. The van der Waals surface area contributed by atoms with Crippen LogP contribution in [0.15, 0.2) is 36.5 Å². The van der Waals surface area contributed by atoms with Gasteiger partial charge in [-0.15, -0.1) is 0 Å². The fourth-order valence-corrected chi connectivity index (χ4v) is 3.64. The van der Waals surface area contributed by atoms with E-state index in [4.69, 9.17) is 23.5 Å². The Balaban J connectivity index is 1.57. The zero-order valence-electron chi connectivity index (χ0n) is 19.1. The summed E-state index contributed by atoms with van der Waals surface area (Å²) >= 11 is 0. The Kier molecular flexibility index (Phi) is 6.67. The molecule has 1 unspecified atom stereocenters. The Morgan fingerprint density at radius 1 is 1.12 bits per heavy atom. The molecule has 2 aromatic rings. The molecule has 7 nitrogen and oxygen atoms in total. The van der Waals surface area contributed by atoms with Gasteiger partial charge in [0.05, 0.1) is 17.8 Å². The number of carbonyl (C=O) groups is 1. The van der Waals surface area contributed by atoms with E-state index in [9.17, 15) is 4.79 Å². The Morgan fingerprint density at radius 2 is 1.91 bits per heavy atom. The van der Waals surface area contributed by atoms with E-state index in [-0.39, 0.29) is 6.29 Å². The summed E-state index contributed by atoms with van der Waals surface area (Å²) in [5.74, 6) is 1.02. The van der Waals surface area contributed by atoms with E-state index in [1.807, 2.05) is 45.9 Å². The molecule has 0 saturated carbocycles. The number of benzene rings is 1. The highest BCUT2D eigenvalue weighted by Gasteiger charge is 2.52. The van der Waals surface area contributed by atoms with Gasteiger partial charge in [-0.25, -0.2) is 4.98 Å². The molecule has 3 heterocycles. The van der Waals surface area contributed by atoms with Crippen molar-refractivity contribution in [1.82, 2.24) is 4.98 Å². The molecule has 2 aliphatic rings. The maximum atomic E-state index is 10.8. The molecule has 1 aromatic heterocycles. The molecule has 4 rings (SSSR count). The van der Waals surface area contributed by atoms with Gasteiger partial charge in [0.25, 0.3) is 0 Å². The van der Waals surface area contributed by atoms with Gasteiger partial charge in [0, 0.05) is 24.4 Å². The molecule has 0 radical (unpaired) electrons. The number of nitrogens with zero attached hydrogens (tertiary/aromatic N) is 1. The zero-order valence-corrected chi connectivity index (χ0v) is 19.1. The number of aldehydes is 1. The molecule has 2 aliphatic heterocycles. The molecule has 0 amide bonds. The number of hydrogen-bond donors (Lipinski definition) is 0. The summed E-state index contributed by atoms with van der Waals surface area (Å²) < 4.78 is 30.2. The number of pyridine rings is 1.